The summed E-state index contributed by atoms with van der Waals surface area (Å²) in [5.41, 5.74) is 3.10. The molecule has 0 spiro atoms. The van der Waals surface area contributed by atoms with Gasteiger partial charge in [-0.1, -0.05) is 68.1 Å². The lowest BCUT2D eigenvalue weighted by molar-refractivity contribution is 0.282. The quantitative estimate of drug-likeness (QED) is 0.348. The lowest BCUT2D eigenvalue weighted by Gasteiger charge is -2.13. The SMILES string of the molecule is OCCCCCCCCNc1nc(Cl)nc2cccc(-c3ccccc3)c12. The molecule has 3 aromatic rings. The third kappa shape index (κ3) is 5.41. The highest BCUT2D eigenvalue weighted by molar-refractivity contribution is 6.29. The van der Waals surface area contributed by atoms with Crippen LogP contribution in [0.3, 0.4) is 0 Å². The summed E-state index contributed by atoms with van der Waals surface area (Å²) in [5.74, 6) is 0.796. The van der Waals surface area contributed by atoms with Gasteiger partial charge >= 0.3 is 0 Å². The van der Waals surface area contributed by atoms with Crippen LogP contribution in [0.15, 0.2) is 48.5 Å². The number of fused-ring (bicyclic) bond motifs is 1. The van der Waals surface area contributed by atoms with Crippen LogP contribution in [0.25, 0.3) is 22.0 Å². The molecule has 0 amide bonds. The first kappa shape index (κ1) is 19.6. The molecule has 0 aliphatic rings. The molecule has 0 unspecified atom stereocenters. The van der Waals surface area contributed by atoms with Gasteiger partial charge in [-0.2, -0.15) is 0 Å². The van der Waals surface area contributed by atoms with Crippen molar-refractivity contribution in [3.63, 3.8) is 0 Å². The molecule has 142 valence electrons. The van der Waals surface area contributed by atoms with E-state index in [2.05, 4.69) is 33.5 Å². The molecule has 2 N–H and O–H groups in total. The second-order valence-corrected chi connectivity index (χ2v) is 7.02. The molecule has 0 saturated heterocycles. The van der Waals surface area contributed by atoms with E-state index in [9.17, 15) is 0 Å². The van der Waals surface area contributed by atoms with Gasteiger partial charge in [-0.05, 0) is 41.6 Å². The highest BCUT2D eigenvalue weighted by Crippen LogP contribution is 2.33. The molecule has 0 fully saturated rings. The Balaban J connectivity index is 1.73. The van der Waals surface area contributed by atoms with Gasteiger partial charge in [0.2, 0.25) is 5.28 Å². The number of halogens is 1. The third-order valence-electron chi connectivity index (χ3n) is 4.66. The van der Waals surface area contributed by atoms with Gasteiger partial charge in [0.25, 0.3) is 0 Å². The molecule has 0 saturated carbocycles. The van der Waals surface area contributed by atoms with Gasteiger partial charge in [0, 0.05) is 13.2 Å². The van der Waals surface area contributed by atoms with E-state index < -0.39 is 0 Å². The predicted octanol–water partition coefficient (Wildman–Crippen LogP) is 5.70. The summed E-state index contributed by atoms with van der Waals surface area (Å²) in [4.78, 5) is 8.86. The van der Waals surface area contributed by atoms with Gasteiger partial charge in [-0.25, -0.2) is 9.97 Å². The minimum Gasteiger partial charge on any atom is -0.396 e. The van der Waals surface area contributed by atoms with Crippen LogP contribution in [-0.2, 0) is 0 Å². The van der Waals surface area contributed by atoms with E-state index in [1.54, 1.807) is 0 Å². The van der Waals surface area contributed by atoms with Crippen molar-refractivity contribution in [3.8, 4) is 11.1 Å². The van der Waals surface area contributed by atoms with Gasteiger partial charge in [-0.3, -0.25) is 0 Å². The summed E-state index contributed by atoms with van der Waals surface area (Å²) in [6.07, 6.45) is 6.64. The van der Waals surface area contributed by atoms with Crippen LogP contribution in [0.4, 0.5) is 5.82 Å². The number of rotatable bonds is 10. The van der Waals surface area contributed by atoms with E-state index in [-0.39, 0.29) is 5.28 Å². The molecule has 1 heterocycles. The maximum Gasteiger partial charge on any atom is 0.224 e. The zero-order valence-corrected chi connectivity index (χ0v) is 16.3. The van der Waals surface area contributed by atoms with E-state index in [0.29, 0.717) is 6.61 Å². The van der Waals surface area contributed by atoms with Crippen molar-refractivity contribution in [2.24, 2.45) is 0 Å². The average molecular weight is 384 g/mol. The second-order valence-electron chi connectivity index (χ2n) is 6.68. The summed E-state index contributed by atoms with van der Waals surface area (Å²) in [7, 11) is 0. The molecule has 1 aromatic heterocycles. The van der Waals surface area contributed by atoms with Crippen molar-refractivity contribution in [2.75, 3.05) is 18.5 Å². The molecular weight excluding hydrogens is 358 g/mol. The van der Waals surface area contributed by atoms with E-state index >= 15 is 0 Å². The van der Waals surface area contributed by atoms with Crippen LogP contribution in [0.5, 0.6) is 0 Å². The Bertz CT molecular complexity index is 855. The van der Waals surface area contributed by atoms with Gasteiger partial charge in [0.1, 0.15) is 5.82 Å². The third-order valence-corrected chi connectivity index (χ3v) is 4.83. The number of hydrogen-bond donors (Lipinski definition) is 2. The Morgan fingerprint density at radius 1 is 0.815 bits per heavy atom. The van der Waals surface area contributed by atoms with E-state index in [1.165, 1.54) is 19.3 Å². The van der Waals surface area contributed by atoms with Crippen LogP contribution in [0.1, 0.15) is 38.5 Å². The number of aliphatic hydroxyl groups is 1. The van der Waals surface area contributed by atoms with Crippen molar-refractivity contribution in [3.05, 3.63) is 53.8 Å². The van der Waals surface area contributed by atoms with Gasteiger partial charge in [0.15, 0.2) is 0 Å². The summed E-state index contributed by atoms with van der Waals surface area (Å²) in [6, 6.07) is 16.4. The Labute approximate surface area is 165 Å². The summed E-state index contributed by atoms with van der Waals surface area (Å²) in [6.45, 7) is 1.15. The molecule has 0 radical (unpaired) electrons. The first-order chi connectivity index (χ1) is 13.3. The van der Waals surface area contributed by atoms with Crippen LogP contribution in [0, 0.1) is 0 Å². The minimum atomic E-state index is 0.263. The summed E-state index contributed by atoms with van der Waals surface area (Å²) >= 11 is 6.15. The molecule has 5 heteroatoms. The van der Waals surface area contributed by atoms with Crippen molar-refractivity contribution < 1.29 is 5.11 Å². The maximum atomic E-state index is 8.81. The van der Waals surface area contributed by atoms with Gasteiger partial charge < -0.3 is 10.4 Å². The number of benzene rings is 2. The maximum absolute atomic E-state index is 8.81. The number of anilines is 1. The first-order valence-corrected chi connectivity index (χ1v) is 10.0. The number of aliphatic hydroxyl groups excluding tert-OH is 1. The van der Waals surface area contributed by atoms with Crippen molar-refractivity contribution in [1.29, 1.82) is 0 Å². The molecule has 0 atom stereocenters. The second kappa shape index (κ2) is 10.2. The topological polar surface area (TPSA) is 58.0 Å². The smallest absolute Gasteiger partial charge is 0.224 e. The molecule has 4 nitrogen and oxygen atoms in total. The van der Waals surface area contributed by atoms with Crippen LogP contribution < -0.4 is 5.32 Å². The Kier molecular flexibility index (Phi) is 7.43. The monoisotopic (exact) mass is 383 g/mol. The molecule has 2 aromatic carbocycles. The summed E-state index contributed by atoms with van der Waals surface area (Å²) in [5, 5.41) is 13.6. The number of hydrogen-bond acceptors (Lipinski definition) is 4. The largest absolute Gasteiger partial charge is 0.396 e. The number of nitrogens with one attached hydrogen (secondary N) is 1. The lowest BCUT2D eigenvalue weighted by Crippen LogP contribution is -2.05. The van der Waals surface area contributed by atoms with E-state index in [1.807, 2.05) is 30.3 Å². The molecule has 3 rings (SSSR count). The molecule has 0 aliphatic heterocycles. The van der Waals surface area contributed by atoms with Crippen molar-refractivity contribution in [2.45, 2.75) is 38.5 Å². The van der Waals surface area contributed by atoms with E-state index in [4.69, 9.17) is 16.7 Å². The zero-order valence-electron chi connectivity index (χ0n) is 15.5. The number of aromatic nitrogens is 2. The Morgan fingerprint density at radius 3 is 2.33 bits per heavy atom. The fourth-order valence-corrected chi connectivity index (χ4v) is 3.47. The van der Waals surface area contributed by atoms with Gasteiger partial charge in [0.05, 0.1) is 10.9 Å². The summed E-state index contributed by atoms with van der Waals surface area (Å²) < 4.78 is 0. The Morgan fingerprint density at radius 2 is 1.56 bits per heavy atom. The molecule has 0 aliphatic carbocycles. The highest BCUT2D eigenvalue weighted by Gasteiger charge is 2.12. The number of unbranched alkanes of at least 4 members (excludes halogenated alkanes) is 5. The average Bonchev–Trinajstić information content (AvgIpc) is 2.70. The minimum absolute atomic E-state index is 0.263. The van der Waals surface area contributed by atoms with E-state index in [0.717, 1.165) is 53.7 Å². The fraction of sp³-hybridized carbons (Fsp3) is 0.364. The van der Waals surface area contributed by atoms with Crippen LogP contribution >= 0.6 is 11.6 Å². The zero-order chi connectivity index (χ0) is 18.9. The fourth-order valence-electron chi connectivity index (χ4n) is 3.29. The molecule has 0 bridgehead atoms. The van der Waals surface area contributed by atoms with Crippen molar-refractivity contribution in [1.82, 2.24) is 9.97 Å². The Hall–Kier alpha value is -2.17. The molecular formula is C22H26ClN3O. The number of nitrogens with zero attached hydrogens (tertiary/aromatic N) is 2. The highest BCUT2D eigenvalue weighted by atomic mass is 35.5. The lowest BCUT2D eigenvalue weighted by atomic mass is 10.0. The predicted molar refractivity (Wildman–Crippen MR) is 113 cm³/mol. The first-order valence-electron chi connectivity index (χ1n) is 9.66. The van der Waals surface area contributed by atoms with Crippen molar-refractivity contribution >= 4 is 28.3 Å². The standard InChI is InChI=1S/C22H26ClN3O/c23-22-25-19-14-10-13-18(17-11-6-5-7-12-17)20(19)21(26-22)24-15-8-3-1-2-4-9-16-27/h5-7,10-14,27H,1-4,8-9,15-16H2,(H,24,25,26). The van der Waals surface area contributed by atoms with Gasteiger partial charge in [-0.15, -0.1) is 0 Å². The molecule has 27 heavy (non-hydrogen) atoms. The van der Waals surface area contributed by atoms with Crippen LogP contribution in [0.2, 0.25) is 5.28 Å². The van der Waals surface area contributed by atoms with Crippen LogP contribution in [-0.4, -0.2) is 28.2 Å². The normalized spacial score (nSPS) is 11.0.